The van der Waals surface area contributed by atoms with E-state index < -0.39 is 0 Å². The van der Waals surface area contributed by atoms with Gasteiger partial charge in [0.2, 0.25) is 0 Å². The molecule has 6 nitrogen and oxygen atoms in total. The number of aromatic nitrogens is 3. The molecule has 4 aromatic rings. The number of rotatable bonds is 6. The lowest BCUT2D eigenvalue weighted by atomic mass is 10.1. The van der Waals surface area contributed by atoms with Gasteiger partial charge in [-0.3, -0.25) is 4.79 Å². The van der Waals surface area contributed by atoms with E-state index in [4.69, 9.17) is 4.74 Å². The standard InChI is InChI=1S/C24H24N4O2/c1-16(2)15-30-20-11-7-8-18(13-20)24(29)25-21-14-23-22(12-17(21)3)26-28(27-23)19-9-5-4-6-10-19/h4-14,16H,15H2,1-3H3,(H,25,29). The summed E-state index contributed by atoms with van der Waals surface area (Å²) in [4.78, 5) is 14.4. The molecule has 0 spiro atoms. The van der Waals surface area contributed by atoms with Crippen LogP contribution in [0, 0.1) is 12.8 Å². The van der Waals surface area contributed by atoms with Gasteiger partial charge in [-0.2, -0.15) is 4.80 Å². The molecule has 0 fully saturated rings. The predicted molar refractivity (Wildman–Crippen MR) is 118 cm³/mol. The fourth-order valence-corrected chi connectivity index (χ4v) is 3.06. The second-order valence-electron chi connectivity index (χ2n) is 7.67. The normalized spacial score (nSPS) is 11.1. The lowest BCUT2D eigenvalue weighted by molar-refractivity contribution is 0.102. The second-order valence-corrected chi connectivity index (χ2v) is 7.67. The number of carbonyl (C=O) groups is 1. The van der Waals surface area contributed by atoms with Crippen molar-refractivity contribution in [2.45, 2.75) is 20.8 Å². The molecule has 0 saturated carbocycles. The number of fused-ring (bicyclic) bond motifs is 1. The topological polar surface area (TPSA) is 69.0 Å². The third-order valence-electron chi connectivity index (χ3n) is 4.64. The Morgan fingerprint density at radius 1 is 1.00 bits per heavy atom. The summed E-state index contributed by atoms with van der Waals surface area (Å²) >= 11 is 0. The van der Waals surface area contributed by atoms with Crippen LogP contribution < -0.4 is 10.1 Å². The molecule has 0 radical (unpaired) electrons. The molecule has 0 bridgehead atoms. The van der Waals surface area contributed by atoms with Crippen LogP contribution in [0.25, 0.3) is 16.7 Å². The summed E-state index contributed by atoms with van der Waals surface area (Å²) in [6, 6.07) is 20.7. The Balaban J connectivity index is 1.57. The first-order valence-electron chi connectivity index (χ1n) is 9.97. The molecule has 1 heterocycles. The molecule has 4 rings (SSSR count). The number of nitrogens with one attached hydrogen (secondary N) is 1. The van der Waals surface area contributed by atoms with Crippen molar-refractivity contribution in [1.29, 1.82) is 0 Å². The number of aryl methyl sites for hydroxylation is 1. The van der Waals surface area contributed by atoms with E-state index in [1.807, 2.05) is 61.5 Å². The average Bonchev–Trinajstić information content (AvgIpc) is 3.16. The first-order valence-corrected chi connectivity index (χ1v) is 9.97. The van der Waals surface area contributed by atoms with E-state index >= 15 is 0 Å². The smallest absolute Gasteiger partial charge is 0.255 e. The summed E-state index contributed by atoms with van der Waals surface area (Å²) in [5, 5.41) is 12.1. The second kappa shape index (κ2) is 8.37. The summed E-state index contributed by atoms with van der Waals surface area (Å²) < 4.78 is 5.73. The molecule has 0 atom stereocenters. The number of hydrogen-bond donors (Lipinski definition) is 1. The monoisotopic (exact) mass is 400 g/mol. The van der Waals surface area contributed by atoms with Crippen molar-refractivity contribution >= 4 is 22.6 Å². The zero-order valence-corrected chi connectivity index (χ0v) is 17.3. The van der Waals surface area contributed by atoms with E-state index in [0.29, 0.717) is 35.0 Å². The van der Waals surface area contributed by atoms with Gasteiger partial charge in [0.15, 0.2) is 0 Å². The molecule has 0 aliphatic rings. The number of amides is 1. The maximum absolute atomic E-state index is 12.8. The van der Waals surface area contributed by atoms with E-state index in [2.05, 4.69) is 29.4 Å². The van der Waals surface area contributed by atoms with Crippen molar-refractivity contribution in [3.05, 3.63) is 77.9 Å². The van der Waals surface area contributed by atoms with Crippen LogP contribution in [0.4, 0.5) is 5.69 Å². The fourth-order valence-electron chi connectivity index (χ4n) is 3.06. The van der Waals surface area contributed by atoms with Crippen molar-refractivity contribution in [1.82, 2.24) is 15.0 Å². The molecular weight excluding hydrogens is 376 g/mol. The molecular formula is C24H24N4O2. The van der Waals surface area contributed by atoms with Gasteiger partial charge in [0.1, 0.15) is 16.8 Å². The summed E-state index contributed by atoms with van der Waals surface area (Å²) in [6.45, 7) is 6.73. The van der Waals surface area contributed by atoms with E-state index in [9.17, 15) is 4.79 Å². The zero-order chi connectivity index (χ0) is 21.1. The summed E-state index contributed by atoms with van der Waals surface area (Å²) in [5.41, 5.74) is 4.55. The highest BCUT2D eigenvalue weighted by Gasteiger charge is 2.12. The van der Waals surface area contributed by atoms with E-state index in [1.165, 1.54) is 0 Å². The van der Waals surface area contributed by atoms with E-state index in [0.717, 1.165) is 16.8 Å². The van der Waals surface area contributed by atoms with Crippen LogP contribution in [0.1, 0.15) is 29.8 Å². The Kier molecular flexibility index (Phi) is 5.48. The molecule has 152 valence electrons. The van der Waals surface area contributed by atoms with Crippen LogP contribution in [-0.4, -0.2) is 27.5 Å². The first-order chi connectivity index (χ1) is 14.5. The molecule has 0 saturated heterocycles. The molecule has 6 heteroatoms. The van der Waals surface area contributed by atoms with Crippen LogP contribution in [0.3, 0.4) is 0 Å². The number of carbonyl (C=O) groups excluding carboxylic acids is 1. The van der Waals surface area contributed by atoms with Crippen LogP contribution in [0.15, 0.2) is 66.7 Å². The minimum Gasteiger partial charge on any atom is -0.493 e. The lowest BCUT2D eigenvalue weighted by Crippen LogP contribution is -2.13. The Morgan fingerprint density at radius 3 is 2.47 bits per heavy atom. The summed E-state index contributed by atoms with van der Waals surface area (Å²) in [7, 11) is 0. The summed E-state index contributed by atoms with van der Waals surface area (Å²) in [6.07, 6.45) is 0. The SMILES string of the molecule is Cc1cc2nn(-c3ccccc3)nc2cc1NC(=O)c1cccc(OCC(C)C)c1. The van der Waals surface area contributed by atoms with Crippen molar-refractivity contribution in [3.63, 3.8) is 0 Å². The highest BCUT2D eigenvalue weighted by Crippen LogP contribution is 2.23. The van der Waals surface area contributed by atoms with Gasteiger partial charge in [0, 0.05) is 11.3 Å². The minimum atomic E-state index is -0.192. The van der Waals surface area contributed by atoms with Gasteiger partial charge in [-0.1, -0.05) is 38.1 Å². The molecule has 3 aromatic carbocycles. The van der Waals surface area contributed by atoms with Crippen LogP contribution >= 0.6 is 0 Å². The van der Waals surface area contributed by atoms with Crippen molar-refractivity contribution < 1.29 is 9.53 Å². The van der Waals surface area contributed by atoms with Gasteiger partial charge < -0.3 is 10.1 Å². The molecule has 0 unspecified atom stereocenters. The highest BCUT2D eigenvalue weighted by atomic mass is 16.5. The number of para-hydroxylation sites is 1. The largest absolute Gasteiger partial charge is 0.493 e. The summed E-state index contributed by atoms with van der Waals surface area (Å²) in [5.74, 6) is 0.915. The number of anilines is 1. The van der Waals surface area contributed by atoms with Crippen LogP contribution in [-0.2, 0) is 0 Å². The molecule has 0 aliphatic heterocycles. The fraction of sp³-hybridized carbons (Fsp3) is 0.208. The Morgan fingerprint density at radius 2 is 1.73 bits per heavy atom. The Labute approximate surface area is 175 Å². The molecule has 0 aliphatic carbocycles. The lowest BCUT2D eigenvalue weighted by Gasteiger charge is -2.11. The number of ether oxygens (including phenoxy) is 1. The van der Waals surface area contributed by atoms with Crippen molar-refractivity contribution in [3.8, 4) is 11.4 Å². The van der Waals surface area contributed by atoms with E-state index in [-0.39, 0.29) is 5.91 Å². The van der Waals surface area contributed by atoms with Gasteiger partial charge in [-0.05, 0) is 60.9 Å². The third-order valence-corrected chi connectivity index (χ3v) is 4.64. The first kappa shape index (κ1) is 19.6. The molecule has 30 heavy (non-hydrogen) atoms. The average molecular weight is 400 g/mol. The minimum absolute atomic E-state index is 0.192. The maximum atomic E-state index is 12.8. The van der Waals surface area contributed by atoms with Crippen LogP contribution in [0.5, 0.6) is 5.75 Å². The van der Waals surface area contributed by atoms with Gasteiger partial charge in [-0.25, -0.2) is 0 Å². The zero-order valence-electron chi connectivity index (χ0n) is 17.3. The van der Waals surface area contributed by atoms with Gasteiger partial charge >= 0.3 is 0 Å². The number of hydrogen-bond acceptors (Lipinski definition) is 4. The quantitative estimate of drug-likeness (QED) is 0.494. The van der Waals surface area contributed by atoms with Crippen LogP contribution in [0.2, 0.25) is 0 Å². The number of benzene rings is 3. The highest BCUT2D eigenvalue weighted by molar-refractivity contribution is 6.05. The van der Waals surface area contributed by atoms with Gasteiger partial charge in [0.25, 0.3) is 5.91 Å². The Bertz CT molecular complexity index is 1180. The third kappa shape index (κ3) is 4.33. The maximum Gasteiger partial charge on any atom is 0.255 e. The molecule has 1 aromatic heterocycles. The van der Waals surface area contributed by atoms with Crippen molar-refractivity contribution in [2.24, 2.45) is 5.92 Å². The number of nitrogens with zero attached hydrogens (tertiary/aromatic N) is 3. The van der Waals surface area contributed by atoms with Gasteiger partial charge in [-0.15, -0.1) is 10.2 Å². The van der Waals surface area contributed by atoms with Crippen molar-refractivity contribution in [2.75, 3.05) is 11.9 Å². The molecule has 1 amide bonds. The Hall–Kier alpha value is -3.67. The van der Waals surface area contributed by atoms with E-state index in [1.54, 1.807) is 16.9 Å². The molecule has 1 N–H and O–H groups in total. The van der Waals surface area contributed by atoms with Gasteiger partial charge in [0.05, 0.1) is 12.3 Å². The predicted octanol–water partition coefficient (Wildman–Crippen LogP) is 5.02.